The summed E-state index contributed by atoms with van der Waals surface area (Å²) in [6, 6.07) is 5.83. The first-order chi connectivity index (χ1) is 10.7. The van der Waals surface area contributed by atoms with Crippen LogP contribution in [0.2, 0.25) is 0 Å². The van der Waals surface area contributed by atoms with Crippen LogP contribution in [0.5, 0.6) is 0 Å². The molecule has 3 rings (SSSR count). The third-order valence-electron chi connectivity index (χ3n) is 4.08. The zero-order chi connectivity index (χ0) is 15.4. The number of aromatic nitrogens is 3. The Hall–Kier alpha value is -1.64. The van der Waals surface area contributed by atoms with Crippen LogP contribution in [0.4, 0.5) is 0 Å². The smallest absolute Gasteiger partial charge is 0.191 e. The summed E-state index contributed by atoms with van der Waals surface area (Å²) < 4.78 is 1.74. The zero-order valence-corrected chi connectivity index (χ0v) is 15.6. The van der Waals surface area contributed by atoms with Crippen LogP contribution in [0, 0.1) is 5.92 Å². The monoisotopic (exact) mass is 426 g/mol. The van der Waals surface area contributed by atoms with Crippen molar-refractivity contribution in [1.29, 1.82) is 0 Å². The maximum absolute atomic E-state index is 6.12. The number of guanidine groups is 1. The minimum atomic E-state index is 0. The summed E-state index contributed by atoms with van der Waals surface area (Å²) in [5.74, 6) is 2.23. The summed E-state index contributed by atoms with van der Waals surface area (Å²) in [7, 11) is 0. The molecule has 0 bridgehead atoms. The van der Waals surface area contributed by atoms with Gasteiger partial charge in [-0.25, -0.2) is 14.7 Å². The number of rotatable bonds is 3. The van der Waals surface area contributed by atoms with Crippen molar-refractivity contribution in [2.45, 2.75) is 26.3 Å². The van der Waals surface area contributed by atoms with Crippen molar-refractivity contribution >= 4 is 29.9 Å². The highest BCUT2D eigenvalue weighted by molar-refractivity contribution is 14.0. The van der Waals surface area contributed by atoms with Gasteiger partial charge in [0.05, 0.1) is 6.54 Å². The molecule has 2 N–H and O–H groups in total. The normalized spacial score (nSPS) is 16.2. The molecule has 0 radical (unpaired) electrons. The van der Waals surface area contributed by atoms with Crippen molar-refractivity contribution in [3.8, 4) is 5.82 Å². The molecule has 0 aromatic carbocycles. The van der Waals surface area contributed by atoms with Crippen LogP contribution in [0.3, 0.4) is 0 Å². The Morgan fingerprint density at radius 2 is 2.13 bits per heavy atom. The Morgan fingerprint density at radius 1 is 1.35 bits per heavy atom. The fourth-order valence-corrected chi connectivity index (χ4v) is 2.60. The maximum Gasteiger partial charge on any atom is 0.191 e. The lowest BCUT2D eigenvalue weighted by Gasteiger charge is -2.31. The van der Waals surface area contributed by atoms with E-state index in [0.29, 0.717) is 12.5 Å². The zero-order valence-electron chi connectivity index (χ0n) is 13.3. The van der Waals surface area contributed by atoms with Gasteiger partial charge in [0, 0.05) is 31.7 Å². The molecule has 0 atom stereocenters. The topological polar surface area (TPSA) is 72.3 Å². The van der Waals surface area contributed by atoms with Crippen molar-refractivity contribution in [2.75, 3.05) is 13.1 Å². The van der Waals surface area contributed by atoms with Crippen LogP contribution >= 0.6 is 24.0 Å². The van der Waals surface area contributed by atoms with Crippen molar-refractivity contribution in [1.82, 2.24) is 19.7 Å². The Bertz CT molecular complexity index is 632. The second-order valence-electron chi connectivity index (χ2n) is 5.82. The number of nitrogens with two attached hydrogens (primary N) is 1. The molecule has 1 aliphatic heterocycles. The summed E-state index contributed by atoms with van der Waals surface area (Å²) in [4.78, 5) is 11.0. The number of hydrogen-bond acceptors (Lipinski definition) is 3. The second-order valence-corrected chi connectivity index (χ2v) is 5.82. The van der Waals surface area contributed by atoms with Gasteiger partial charge in [0.2, 0.25) is 0 Å². The van der Waals surface area contributed by atoms with E-state index < -0.39 is 0 Å². The highest BCUT2D eigenvalue weighted by Gasteiger charge is 2.16. The fraction of sp³-hybridized carbons (Fsp3) is 0.438. The lowest BCUT2D eigenvalue weighted by molar-refractivity contribution is 0.277. The van der Waals surface area contributed by atoms with Gasteiger partial charge in [0.1, 0.15) is 0 Å². The second kappa shape index (κ2) is 8.28. The quantitative estimate of drug-likeness (QED) is 0.465. The van der Waals surface area contributed by atoms with Gasteiger partial charge in [-0.3, -0.25) is 0 Å². The van der Waals surface area contributed by atoms with Crippen molar-refractivity contribution in [3.63, 3.8) is 0 Å². The van der Waals surface area contributed by atoms with E-state index in [1.54, 1.807) is 17.1 Å². The average molecular weight is 426 g/mol. The highest BCUT2D eigenvalue weighted by Crippen LogP contribution is 2.15. The van der Waals surface area contributed by atoms with Crippen LogP contribution in [0.25, 0.3) is 5.82 Å². The van der Waals surface area contributed by atoms with Gasteiger partial charge in [0.15, 0.2) is 11.8 Å². The standard InChI is InChI=1S/C16H22N6.HI/c1-13-4-9-21(10-5-13)16(17)19-12-14-3-7-18-15(11-14)22-8-2-6-20-22;/h2-3,6-8,11,13H,4-5,9-10,12H2,1H3,(H2,17,19);1H. The summed E-state index contributed by atoms with van der Waals surface area (Å²) in [6.07, 6.45) is 7.77. The van der Waals surface area contributed by atoms with Crippen LogP contribution in [-0.4, -0.2) is 38.7 Å². The molecule has 1 saturated heterocycles. The number of hydrogen-bond donors (Lipinski definition) is 1. The number of nitrogens with zero attached hydrogens (tertiary/aromatic N) is 5. The van der Waals surface area contributed by atoms with E-state index >= 15 is 0 Å². The molecule has 2 aromatic rings. The molecule has 23 heavy (non-hydrogen) atoms. The predicted octanol–water partition coefficient (Wildman–Crippen LogP) is 2.43. The Morgan fingerprint density at radius 3 is 2.83 bits per heavy atom. The number of aliphatic imine (C=N–C) groups is 1. The molecule has 0 unspecified atom stereocenters. The lowest BCUT2D eigenvalue weighted by Crippen LogP contribution is -2.42. The lowest BCUT2D eigenvalue weighted by atomic mass is 10.00. The van der Waals surface area contributed by atoms with E-state index in [-0.39, 0.29) is 24.0 Å². The summed E-state index contributed by atoms with van der Waals surface area (Å²) in [6.45, 7) is 4.86. The van der Waals surface area contributed by atoms with E-state index in [4.69, 9.17) is 5.73 Å². The first-order valence-electron chi connectivity index (χ1n) is 7.72. The van der Waals surface area contributed by atoms with E-state index in [1.165, 1.54) is 12.8 Å². The van der Waals surface area contributed by atoms with E-state index in [9.17, 15) is 0 Å². The molecular weight excluding hydrogens is 403 g/mol. The van der Waals surface area contributed by atoms with Crippen LogP contribution in [-0.2, 0) is 6.54 Å². The van der Waals surface area contributed by atoms with Crippen LogP contribution in [0.15, 0.2) is 41.8 Å². The molecule has 124 valence electrons. The first-order valence-corrected chi connectivity index (χ1v) is 7.72. The van der Waals surface area contributed by atoms with E-state index in [1.807, 2.05) is 24.4 Å². The summed E-state index contributed by atoms with van der Waals surface area (Å²) >= 11 is 0. The Balaban J connectivity index is 0.00000192. The van der Waals surface area contributed by atoms with Gasteiger partial charge in [-0.2, -0.15) is 5.10 Å². The molecule has 6 nitrogen and oxygen atoms in total. The fourth-order valence-electron chi connectivity index (χ4n) is 2.60. The third kappa shape index (κ3) is 4.66. The molecular formula is C16H23IN6. The van der Waals surface area contributed by atoms with Gasteiger partial charge in [0.25, 0.3) is 0 Å². The molecule has 0 saturated carbocycles. The summed E-state index contributed by atoms with van der Waals surface area (Å²) in [5, 5.41) is 4.19. The van der Waals surface area contributed by atoms with Gasteiger partial charge >= 0.3 is 0 Å². The first kappa shape index (κ1) is 17.7. The largest absolute Gasteiger partial charge is 0.370 e. The minimum absolute atomic E-state index is 0. The van der Waals surface area contributed by atoms with Gasteiger partial charge in [-0.05, 0) is 42.5 Å². The van der Waals surface area contributed by atoms with Crippen molar-refractivity contribution < 1.29 is 0 Å². The maximum atomic E-state index is 6.12. The van der Waals surface area contributed by atoms with Crippen molar-refractivity contribution in [2.24, 2.45) is 16.6 Å². The molecule has 7 heteroatoms. The number of halogens is 1. The molecule has 3 heterocycles. The Labute approximate surface area is 153 Å². The van der Waals surface area contributed by atoms with E-state index in [2.05, 4.69) is 26.9 Å². The number of piperidine rings is 1. The predicted molar refractivity (Wildman–Crippen MR) is 102 cm³/mol. The number of likely N-dealkylation sites (tertiary alicyclic amines) is 1. The van der Waals surface area contributed by atoms with Crippen LogP contribution in [0.1, 0.15) is 25.3 Å². The molecule has 1 aliphatic rings. The molecule has 1 fully saturated rings. The van der Waals surface area contributed by atoms with Gasteiger partial charge in [-0.1, -0.05) is 6.92 Å². The summed E-state index contributed by atoms with van der Waals surface area (Å²) in [5.41, 5.74) is 7.19. The van der Waals surface area contributed by atoms with Crippen molar-refractivity contribution in [3.05, 3.63) is 42.4 Å². The molecule has 0 amide bonds. The van der Waals surface area contributed by atoms with Crippen LogP contribution < -0.4 is 5.73 Å². The third-order valence-corrected chi connectivity index (χ3v) is 4.08. The van der Waals surface area contributed by atoms with Gasteiger partial charge < -0.3 is 10.6 Å². The van der Waals surface area contributed by atoms with E-state index in [0.717, 1.165) is 30.4 Å². The highest BCUT2D eigenvalue weighted by atomic mass is 127. The minimum Gasteiger partial charge on any atom is -0.370 e. The van der Waals surface area contributed by atoms with Gasteiger partial charge in [-0.15, -0.1) is 24.0 Å². The molecule has 2 aromatic heterocycles. The molecule has 0 aliphatic carbocycles. The molecule has 0 spiro atoms. The average Bonchev–Trinajstić information content (AvgIpc) is 3.08. The number of pyridine rings is 1. The Kier molecular flexibility index (Phi) is 6.37. The SMILES string of the molecule is CC1CCN(C(N)=NCc2ccnc(-n3cccn3)c2)CC1.I.